The molecule has 1 fully saturated rings. The van der Waals surface area contributed by atoms with Crippen molar-refractivity contribution in [2.75, 3.05) is 20.7 Å². The molecule has 0 aromatic carbocycles. The molecule has 0 aromatic heterocycles. The standard InChI is InChI=1S/C11H20N2O4/c1-7(14)9(11(16)17-3)12-10(15)8-5-4-6-13(8)2/h7-9,14H,4-6H2,1-3H3,(H,12,15)/t7-,8+,9+/m1/s1. The number of nitrogens with zero attached hydrogens (tertiary/aromatic N) is 1. The molecule has 1 amide bonds. The van der Waals surface area contributed by atoms with E-state index in [1.165, 1.54) is 14.0 Å². The van der Waals surface area contributed by atoms with Gasteiger partial charge in [0.05, 0.1) is 19.3 Å². The summed E-state index contributed by atoms with van der Waals surface area (Å²) in [6.45, 7) is 2.32. The zero-order chi connectivity index (χ0) is 13.0. The maximum atomic E-state index is 11.9. The highest BCUT2D eigenvalue weighted by Gasteiger charge is 2.33. The highest BCUT2D eigenvalue weighted by atomic mass is 16.5. The van der Waals surface area contributed by atoms with Crippen molar-refractivity contribution < 1.29 is 19.4 Å². The van der Waals surface area contributed by atoms with E-state index >= 15 is 0 Å². The second-order valence-electron chi connectivity index (χ2n) is 4.39. The van der Waals surface area contributed by atoms with Crippen LogP contribution in [0.1, 0.15) is 19.8 Å². The van der Waals surface area contributed by atoms with Crippen molar-refractivity contribution in [3.63, 3.8) is 0 Å². The van der Waals surface area contributed by atoms with E-state index in [1.54, 1.807) is 0 Å². The Balaban J connectivity index is 2.61. The van der Waals surface area contributed by atoms with Crippen LogP contribution in [0.3, 0.4) is 0 Å². The quantitative estimate of drug-likeness (QED) is 0.628. The van der Waals surface area contributed by atoms with Gasteiger partial charge in [-0.2, -0.15) is 0 Å². The molecular formula is C11H20N2O4. The SMILES string of the molecule is COC(=O)[C@@H](NC(=O)[C@@H]1CCCN1C)[C@@H](C)O. The van der Waals surface area contributed by atoms with Gasteiger partial charge in [0.2, 0.25) is 5.91 Å². The van der Waals surface area contributed by atoms with E-state index in [4.69, 9.17) is 0 Å². The van der Waals surface area contributed by atoms with Gasteiger partial charge in [-0.1, -0.05) is 0 Å². The number of likely N-dealkylation sites (N-methyl/N-ethyl adjacent to an activating group) is 1. The Bertz CT molecular complexity index is 293. The third kappa shape index (κ3) is 3.41. The normalized spacial score (nSPS) is 24.1. The van der Waals surface area contributed by atoms with Crippen LogP contribution in [-0.2, 0) is 14.3 Å². The fraction of sp³-hybridized carbons (Fsp3) is 0.818. The highest BCUT2D eigenvalue weighted by molar-refractivity contribution is 5.88. The molecule has 0 aliphatic carbocycles. The number of carbonyl (C=O) groups is 2. The molecule has 2 N–H and O–H groups in total. The molecule has 0 saturated carbocycles. The molecule has 6 nitrogen and oxygen atoms in total. The minimum absolute atomic E-state index is 0.221. The smallest absolute Gasteiger partial charge is 0.331 e. The number of esters is 1. The first-order chi connectivity index (χ1) is 7.97. The van der Waals surface area contributed by atoms with E-state index in [1.807, 2.05) is 11.9 Å². The first-order valence-electron chi connectivity index (χ1n) is 5.74. The predicted octanol–water partition coefficient (Wildman–Crippen LogP) is -0.881. The summed E-state index contributed by atoms with van der Waals surface area (Å²) in [6.07, 6.45) is 0.764. The van der Waals surface area contributed by atoms with Crippen LogP contribution in [0.2, 0.25) is 0 Å². The van der Waals surface area contributed by atoms with E-state index in [0.717, 1.165) is 19.4 Å². The third-order valence-corrected chi connectivity index (χ3v) is 3.06. The molecule has 0 bridgehead atoms. The fourth-order valence-electron chi connectivity index (χ4n) is 1.99. The Hall–Kier alpha value is -1.14. The monoisotopic (exact) mass is 244 g/mol. The Kier molecular flexibility index (Phi) is 4.89. The van der Waals surface area contributed by atoms with E-state index in [-0.39, 0.29) is 11.9 Å². The Morgan fingerprint density at radius 2 is 2.18 bits per heavy atom. The van der Waals surface area contributed by atoms with Crippen LogP contribution in [0.25, 0.3) is 0 Å². The largest absolute Gasteiger partial charge is 0.467 e. The second kappa shape index (κ2) is 5.97. The van der Waals surface area contributed by atoms with Gasteiger partial charge in [-0.15, -0.1) is 0 Å². The number of methoxy groups -OCH3 is 1. The Morgan fingerprint density at radius 3 is 2.59 bits per heavy atom. The van der Waals surface area contributed by atoms with Gasteiger partial charge in [-0.05, 0) is 33.4 Å². The maximum absolute atomic E-state index is 11.9. The van der Waals surface area contributed by atoms with Gasteiger partial charge in [0.15, 0.2) is 6.04 Å². The molecule has 1 aliphatic heterocycles. The van der Waals surface area contributed by atoms with Crippen molar-refractivity contribution in [2.24, 2.45) is 0 Å². The van der Waals surface area contributed by atoms with Crippen LogP contribution in [0.5, 0.6) is 0 Å². The maximum Gasteiger partial charge on any atom is 0.331 e. The van der Waals surface area contributed by atoms with E-state index < -0.39 is 18.1 Å². The van der Waals surface area contributed by atoms with Crippen LogP contribution >= 0.6 is 0 Å². The number of carbonyl (C=O) groups excluding carboxylic acids is 2. The number of aliphatic hydroxyl groups excluding tert-OH is 1. The summed E-state index contributed by atoms with van der Waals surface area (Å²) < 4.78 is 4.54. The summed E-state index contributed by atoms with van der Waals surface area (Å²) in [6, 6.07) is -1.22. The van der Waals surface area contributed by atoms with Gasteiger partial charge < -0.3 is 15.2 Å². The molecule has 0 unspecified atom stereocenters. The molecule has 98 valence electrons. The fourth-order valence-corrected chi connectivity index (χ4v) is 1.99. The Labute approximate surface area is 101 Å². The van der Waals surface area contributed by atoms with Crippen molar-refractivity contribution in [3.05, 3.63) is 0 Å². The number of likely N-dealkylation sites (tertiary alicyclic amines) is 1. The summed E-state index contributed by atoms with van der Waals surface area (Å²) in [7, 11) is 3.10. The van der Waals surface area contributed by atoms with E-state index in [0.29, 0.717) is 0 Å². The zero-order valence-corrected chi connectivity index (χ0v) is 10.5. The topological polar surface area (TPSA) is 78.9 Å². The lowest BCUT2D eigenvalue weighted by Crippen LogP contribution is -2.53. The molecular weight excluding hydrogens is 224 g/mol. The van der Waals surface area contributed by atoms with Crippen molar-refractivity contribution in [1.29, 1.82) is 0 Å². The molecule has 1 aliphatic rings. The van der Waals surface area contributed by atoms with Crippen LogP contribution in [0, 0.1) is 0 Å². The molecule has 0 aromatic rings. The number of amides is 1. The predicted molar refractivity (Wildman–Crippen MR) is 61.3 cm³/mol. The molecule has 6 heteroatoms. The second-order valence-corrected chi connectivity index (χ2v) is 4.39. The molecule has 0 spiro atoms. The number of rotatable bonds is 4. The first-order valence-corrected chi connectivity index (χ1v) is 5.74. The van der Waals surface area contributed by atoms with Crippen LogP contribution in [0.15, 0.2) is 0 Å². The van der Waals surface area contributed by atoms with Gasteiger partial charge in [-0.25, -0.2) is 4.79 Å². The van der Waals surface area contributed by atoms with Crippen LogP contribution < -0.4 is 5.32 Å². The van der Waals surface area contributed by atoms with Crippen molar-refractivity contribution in [1.82, 2.24) is 10.2 Å². The minimum Gasteiger partial charge on any atom is -0.467 e. The molecule has 17 heavy (non-hydrogen) atoms. The van der Waals surface area contributed by atoms with E-state index in [9.17, 15) is 14.7 Å². The lowest BCUT2D eigenvalue weighted by atomic mass is 10.1. The van der Waals surface area contributed by atoms with Gasteiger partial charge in [-0.3, -0.25) is 9.69 Å². The molecule has 0 radical (unpaired) electrons. The van der Waals surface area contributed by atoms with Crippen molar-refractivity contribution in [2.45, 2.75) is 38.0 Å². The molecule has 1 saturated heterocycles. The summed E-state index contributed by atoms with van der Waals surface area (Å²) in [5, 5.41) is 12.0. The average Bonchev–Trinajstić information content (AvgIpc) is 2.70. The number of nitrogens with one attached hydrogen (secondary N) is 1. The first kappa shape index (κ1) is 13.9. The van der Waals surface area contributed by atoms with Crippen molar-refractivity contribution in [3.8, 4) is 0 Å². The molecule has 1 heterocycles. The van der Waals surface area contributed by atoms with Crippen LogP contribution in [-0.4, -0.2) is 60.8 Å². The van der Waals surface area contributed by atoms with Crippen molar-refractivity contribution >= 4 is 11.9 Å². The summed E-state index contributed by atoms with van der Waals surface area (Å²) in [4.78, 5) is 25.2. The minimum atomic E-state index is -0.999. The van der Waals surface area contributed by atoms with Crippen LogP contribution in [0.4, 0.5) is 0 Å². The number of aliphatic hydroxyl groups is 1. The Morgan fingerprint density at radius 1 is 1.53 bits per heavy atom. The highest BCUT2D eigenvalue weighted by Crippen LogP contribution is 2.15. The van der Waals surface area contributed by atoms with Gasteiger partial charge in [0, 0.05) is 0 Å². The van der Waals surface area contributed by atoms with Gasteiger partial charge in [0.25, 0.3) is 0 Å². The van der Waals surface area contributed by atoms with Gasteiger partial charge >= 0.3 is 5.97 Å². The summed E-state index contributed by atoms with van der Waals surface area (Å²) >= 11 is 0. The van der Waals surface area contributed by atoms with E-state index in [2.05, 4.69) is 10.1 Å². The lowest BCUT2D eigenvalue weighted by molar-refractivity contribution is -0.148. The number of hydrogen-bond donors (Lipinski definition) is 2. The average molecular weight is 244 g/mol. The molecule has 1 rings (SSSR count). The lowest BCUT2D eigenvalue weighted by Gasteiger charge is -2.23. The molecule has 3 atom stereocenters. The number of hydrogen-bond acceptors (Lipinski definition) is 5. The summed E-state index contributed by atoms with van der Waals surface area (Å²) in [5.41, 5.74) is 0. The zero-order valence-electron chi connectivity index (χ0n) is 10.5. The third-order valence-electron chi connectivity index (χ3n) is 3.06. The summed E-state index contributed by atoms with van der Waals surface area (Å²) in [5.74, 6) is -0.865. The number of ether oxygens (including phenoxy) is 1. The van der Waals surface area contributed by atoms with Gasteiger partial charge in [0.1, 0.15) is 0 Å².